The van der Waals surface area contributed by atoms with Gasteiger partial charge in [0.2, 0.25) is 0 Å². The van der Waals surface area contributed by atoms with E-state index in [4.69, 9.17) is 10.00 Å². The average Bonchev–Trinajstić information content (AvgIpc) is 3.15. The molecule has 16 heavy (non-hydrogen) atoms. The molecule has 5 heteroatoms. The van der Waals surface area contributed by atoms with Crippen LogP contribution in [-0.2, 0) is 4.74 Å². The van der Waals surface area contributed by atoms with Crippen LogP contribution in [-0.4, -0.2) is 36.3 Å². The Hall–Kier alpha value is -1.67. The lowest BCUT2D eigenvalue weighted by molar-refractivity contribution is 0.204. The first-order chi connectivity index (χ1) is 7.85. The highest BCUT2D eigenvalue weighted by atomic mass is 16.5. The molecular formula is C11H14N4O. The lowest BCUT2D eigenvalue weighted by Gasteiger charge is -2.22. The maximum absolute atomic E-state index is 8.64. The zero-order chi connectivity index (χ0) is 11.4. The molecule has 5 nitrogen and oxygen atoms in total. The lowest BCUT2D eigenvalue weighted by Crippen LogP contribution is -2.30. The van der Waals surface area contributed by atoms with E-state index < -0.39 is 0 Å². The molecule has 1 saturated carbocycles. The number of rotatable bonds is 5. The van der Waals surface area contributed by atoms with Gasteiger partial charge >= 0.3 is 0 Å². The molecule has 1 aliphatic carbocycles. The van der Waals surface area contributed by atoms with E-state index in [9.17, 15) is 0 Å². The van der Waals surface area contributed by atoms with Gasteiger partial charge in [-0.25, -0.2) is 9.97 Å². The number of anilines is 1. The van der Waals surface area contributed by atoms with Crippen molar-refractivity contribution >= 4 is 5.82 Å². The topological polar surface area (TPSA) is 62.0 Å². The molecule has 1 aromatic heterocycles. The third kappa shape index (κ3) is 2.47. The van der Waals surface area contributed by atoms with E-state index in [1.54, 1.807) is 13.3 Å². The molecule has 0 N–H and O–H groups in total. The number of ether oxygens (including phenoxy) is 1. The molecule has 0 atom stereocenters. The molecule has 0 radical (unpaired) electrons. The standard InChI is InChI=1S/C11H14N4O/c1-16-5-4-15(10-2-3-10)11-8-13-9(6-12)7-14-11/h7-8,10H,2-5H2,1H3. The third-order valence-corrected chi connectivity index (χ3v) is 2.57. The zero-order valence-corrected chi connectivity index (χ0v) is 9.26. The SMILES string of the molecule is COCCN(c1cnc(C#N)cn1)C1CC1. The number of nitriles is 1. The summed E-state index contributed by atoms with van der Waals surface area (Å²) < 4.78 is 5.07. The van der Waals surface area contributed by atoms with Crippen molar-refractivity contribution < 1.29 is 4.74 Å². The molecule has 0 amide bonds. The smallest absolute Gasteiger partial charge is 0.158 e. The van der Waals surface area contributed by atoms with Gasteiger partial charge in [0.05, 0.1) is 19.0 Å². The Labute approximate surface area is 94.7 Å². The molecule has 2 rings (SSSR count). The Balaban J connectivity index is 2.08. The summed E-state index contributed by atoms with van der Waals surface area (Å²) in [6.07, 6.45) is 5.57. The van der Waals surface area contributed by atoms with Crippen molar-refractivity contribution in [2.24, 2.45) is 0 Å². The van der Waals surface area contributed by atoms with Gasteiger partial charge in [0, 0.05) is 19.7 Å². The van der Waals surface area contributed by atoms with Gasteiger partial charge in [0.25, 0.3) is 0 Å². The van der Waals surface area contributed by atoms with Crippen LogP contribution in [0.1, 0.15) is 18.5 Å². The first-order valence-electron chi connectivity index (χ1n) is 5.33. The van der Waals surface area contributed by atoms with Gasteiger partial charge < -0.3 is 9.64 Å². The van der Waals surface area contributed by atoms with Gasteiger partial charge in [-0.3, -0.25) is 0 Å². The molecule has 0 saturated heterocycles. The first kappa shape index (κ1) is 10.8. The molecule has 1 aromatic rings. The van der Waals surface area contributed by atoms with E-state index >= 15 is 0 Å². The van der Waals surface area contributed by atoms with Crippen molar-refractivity contribution in [3.05, 3.63) is 18.1 Å². The molecule has 0 unspecified atom stereocenters. The molecule has 1 heterocycles. The highest BCUT2D eigenvalue weighted by Gasteiger charge is 2.29. The summed E-state index contributed by atoms with van der Waals surface area (Å²) in [7, 11) is 1.69. The van der Waals surface area contributed by atoms with E-state index in [1.165, 1.54) is 19.0 Å². The summed E-state index contributed by atoms with van der Waals surface area (Å²) in [5.41, 5.74) is 0.353. The normalized spacial score (nSPS) is 14.5. The van der Waals surface area contributed by atoms with E-state index in [0.29, 0.717) is 18.3 Å². The molecule has 0 aliphatic heterocycles. The fraction of sp³-hybridized carbons (Fsp3) is 0.545. The van der Waals surface area contributed by atoms with Crippen LogP contribution in [0.2, 0.25) is 0 Å². The van der Waals surface area contributed by atoms with Gasteiger partial charge in [-0.15, -0.1) is 0 Å². The van der Waals surface area contributed by atoms with Gasteiger partial charge in [0.1, 0.15) is 11.9 Å². The van der Waals surface area contributed by atoms with Crippen LogP contribution in [0.4, 0.5) is 5.82 Å². The summed E-state index contributed by atoms with van der Waals surface area (Å²) >= 11 is 0. The second-order valence-corrected chi connectivity index (χ2v) is 3.79. The average molecular weight is 218 g/mol. The van der Waals surface area contributed by atoms with Crippen molar-refractivity contribution in [2.45, 2.75) is 18.9 Å². The summed E-state index contributed by atoms with van der Waals surface area (Å²) in [6.45, 7) is 1.50. The highest BCUT2D eigenvalue weighted by molar-refractivity contribution is 5.40. The first-order valence-corrected chi connectivity index (χ1v) is 5.33. The summed E-state index contributed by atoms with van der Waals surface area (Å²) in [5, 5.41) is 8.64. The minimum Gasteiger partial charge on any atom is -0.383 e. The van der Waals surface area contributed by atoms with Crippen molar-refractivity contribution in [3.63, 3.8) is 0 Å². The summed E-state index contributed by atoms with van der Waals surface area (Å²) in [4.78, 5) is 10.5. The molecule has 0 aromatic carbocycles. The van der Waals surface area contributed by atoms with Crippen LogP contribution in [0.15, 0.2) is 12.4 Å². The Morgan fingerprint density at radius 3 is 2.81 bits per heavy atom. The van der Waals surface area contributed by atoms with Gasteiger partial charge in [-0.2, -0.15) is 5.26 Å². The van der Waals surface area contributed by atoms with Crippen LogP contribution >= 0.6 is 0 Å². The Morgan fingerprint density at radius 1 is 1.50 bits per heavy atom. The zero-order valence-electron chi connectivity index (χ0n) is 9.26. The van der Waals surface area contributed by atoms with E-state index in [0.717, 1.165) is 12.4 Å². The molecule has 84 valence electrons. The van der Waals surface area contributed by atoms with E-state index in [2.05, 4.69) is 14.9 Å². The van der Waals surface area contributed by atoms with Crippen LogP contribution in [0.25, 0.3) is 0 Å². The van der Waals surface area contributed by atoms with Crippen LogP contribution in [0, 0.1) is 11.3 Å². The Morgan fingerprint density at radius 2 is 2.31 bits per heavy atom. The maximum Gasteiger partial charge on any atom is 0.158 e. The fourth-order valence-corrected chi connectivity index (χ4v) is 1.59. The van der Waals surface area contributed by atoms with Crippen LogP contribution < -0.4 is 4.90 Å². The molecule has 1 aliphatic rings. The summed E-state index contributed by atoms with van der Waals surface area (Å²) in [5.74, 6) is 0.832. The molecule has 0 bridgehead atoms. The van der Waals surface area contributed by atoms with E-state index in [-0.39, 0.29) is 0 Å². The predicted octanol–water partition coefficient (Wildman–Crippen LogP) is 0.963. The number of nitrogens with zero attached hydrogens (tertiary/aromatic N) is 4. The number of aromatic nitrogens is 2. The van der Waals surface area contributed by atoms with Crippen LogP contribution in [0.3, 0.4) is 0 Å². The maximum atomic E-state index is 8.64. The van der Waals surface area contributed by atoms with Crippen LogP contribution in [0.5, 0.6) is 0 Å². The largest absolute Gasteiger partial charge is 0.383 e. The van der Waals surface area contributed by atoms with Gasteiger partial charge in [-0.1, -0.05) is 0 Å². The van der Waals surface area contributed by atoms with E-state index in [1.807, 2.05) is 6.07 Å². The van der Waals surface area contributed by atoms with Crippen molar-refractivity contribution in [2.75, 3.05) is 25.2 Å². The quantitative estimate of drug-likeness (QED) is 0.736. The molecule has 1 fully saturated rings. The Bertz CT molecular complexity index is 380. The number of methoxy groups -OCH3 is 1. The third-order valence-electron chi connectivity index (χ3n) is 2.57. The monoisotopic (exact) mass is 218 g/mol. The van der Waals surface area contributed by atoms with Crippen molar-refractivity contribution in [1.82, 2.24) is 9.97 Å². The molecular weight excluding hydrogens is 204 g/mol. The minimum absolute atomic E-state index is 0.353. The summed E-state index contributed by atoms with van der Waals surface area (Å²) in [6, 6.07) is 2.53. The molecule has 0 spiro atoms. The minimum atomic E-state index is 0.353. The number of hydrogen-bond donors (Lipinski definition) is 0. The highest BCUT2D eigenvalue weighted by Crippen LogP contribution is 2.29. The fourth-order valence-electron chi connectivity index (χ4n) is 1.59. The second kappa shape index (κ2) is 4.90. The van der Waals surface area contributed by atoms with Crippen molar-refractivity contribution in [3.8, 4) is 6.07 Å². The second-order valence-electron chi connectivity index (χ2n) is 3.79. The predicted molar refractivity (Wildman–Crippen MR) is 59.0 cm³/mol. The Kier molecular flexibility index (Phi) is 3.32. The van der Waals surface area contributed by atoms with Gasteiger partial charge in [0.15, 0.2) is 5.69 Å². The van der Waals surface area contributed by atoms with Crippen molar-refractivity contribution in [1.29, 1.82) is 5.26 Å². The number of hydrogen-bond acceptors (Lipinski definition) is 5. The lowest BCUT2D eigenvalue weighted by atomic mass is 10.4. The van der Waals surface area contributed by atoms with Gasteiger partial charge in [-0.05, 0) is 12.8 Å².